The van der Waals surface area contributed by atoms with Gasteiger partial charge in [0.25, 0.3) is 0 Å². The molecule has 20 heavy (non-hydrogen) atoms. The Morgan fingerprint density at radius 1 is 1.00 bits per heavy atom. The first-order chi connectivity index (χ1) is 9.53. The van der Waals surface area contributed by atoms with Crippen LogP contribution in [0.3, 0.4) is 0 Å². The monoisotopic (exact) mass is 274 g/mol. The van der Waals surface area contributed by atoms with Gasteiger partial charge < -0.3 is 5.11 Å². The summed E-state index contributed by atoms with van der Waals surface area (Å²) in [5.41, 5.74) is 1.05. The van der Waals surface area contributed by atoms with Gasteiger partial charge >= 0.3 is 0 Å². The lowest BCUT2D eigenvalue weighted by atomic mass is 9.45. The van der Waals surface area contributed by atoms with E-state index < -0.39 is 0 Å². The van der Waals surface area contributed by atoms with Crippen LogP contribution in [0.1, 0.15) is 65.2 Å². The number of aliphatic hydroxyl groups is 1. The minimum atomic E-state index is -0.00775. The molecule has 0 aromatic carbocycles. The molecule has 0 bridgehead atoms. The van der Waals surface area contributed by atoms with E-state index >= 15 is 0 Å². The third kappa shape index (κ3) is 1.71. The molecular formula is C19H30O. The quantitative estimate of drug-likeness (QED) is 0.642. The summed E-state index contributed by atoms with van der Waals surface area (Å²) < 4.78 is 0. The molecule has 0 aromatic heterocycles. The van der Waals surface area contributed by atoms with Gasteiger partial charge in [0.05, 0.1) is 6.10 Å². The molecule has 1 nitrogen and oxygen atoms in total. The van der Waals surface area contributed by atoms with E-state index in [4.69, 9.17) is 0 Å². The summed E-state index contributed by atoms with van der Waals surface area (Å²) in [4.78, 5) is 0. The van der Waals surface area contributed by atoms with Crippen LogP contribution in [0.5, 0.6) is 0 Å². The van der Waals surface area contributed by atoms with Gasteiger partial charge in [-0.3, -0.25) is 0 Å². The molecule has 0 aliphatic heterocycles. The SMILES string of the molecule is CC12C=CCC1C1CC[C@H]3C[C@H](O)CCC3(C)C1CC2. The van der Waals surface area contributed by atoms with Crippen LogP contribution in [0.15, 0.2) is 12.2 Å². The standard InChI is InChI=1S/C19H30O/c1-18-9-3-4-16(18)15-6-5-13-12-14(20)7-11-19(13,2)17(15)8-10-18/h3,9,13-17,20H,4-8,10-12H2,1-2H3/t13-,14+,15?,16?,17?,18?,19?/m0/s1. The van der Waals surface area contributed by atoms with Crippen LogP contribution in [0.25, 0.3) is 0 Å². The minimum Gasteiger partial charge on any atom is -0.393 e. The number of hydrogen-bond acceptors (Lipinski definition) is 1. The predicted molar refractivity (Wildman–Crippen MR) is 82.3 cm³/mol. The summed E-state index contributed by atoms with van der Waals surface area (Å²) in [5.74, 6) is 3.61. The average Bonchev–Trinajstić information content (AvgIpc) is 2.81. The number of hydrogen-bond donors (Lipinski definition) is 1. The first-order valence-electron chi connectivity index (χ1n) is 8.89. The molecule has 0 aromatic rings. The van der Waals surface area contributed by atoms with Gasteiger partial charge in [0.15, 0.2) is 0 Å². The summed E-state index contributed by atoms with van der Waals surface area (Å²) in [6, 6.07) is 0. The van der Waals surface area contributed by atoms with Crippen molar-refractivity contribution in [3.05, 3.63) is 12.2 Å². The Bertz CT molecular complexity index is 427. The van der Waals surface area contributed by atoms with E-state index in [9.17, 15) is 5.11 Å². The maximum Gasteiger partial charge on any atom is 0.0543 e. The van der Waals surface area contributed by atoms with Gasteiger partial charge in [-0.1, -0.05) is 26.0 Å². The lowest BCUT2D eigenvalue weighted by Crippen LogP contribution is -2.53. The molecular weight excluding hydrogens is 244 g/mol. The zero-order chi connectivity index (χ0) is 14.0. The Morgan fingerprint density at radius 3 is 2.70 bits per heavy atom. The Kier molecular flexibility index (Phi) is 2.91. The maximum absolute atomic E-state index is 10.0. The summed E-state index contributed by atoms with van der Waals surface area (Å²) in [6.07, 6.45) is 15.4. The highest BCUT2D eigenvalue weighted by Gasteiger charge is 2.56. The lowest BCUT2D eigenvalue weighted by molar-refractivity contribution is -0.116. The third-order valence-electron chi connectivity index (χ3n) is 7.96. The van der Waals surface area contributed by atoms with Crippen LogP contribution in [0.4, 0.5) is 0 Å². The van der Waals surface area contributed by atoms with E-state index in [2.05, 4.69) is 26.0 Å². The van der Waals surface area contributed by atoms with E-state index in [0.717, 1.165) is 36.5 Å². The van der Waals surface area contributed by atoms with Gasteiger partial charge in [-0.25, -0.2) is 0 Å². The molecule has 0 saturated heterocycles. The second kappa shape index (κ2) is 4.35. The van der Waals surface area contributed by atoms with E-state index in [1.165, 1.54) is 38.5 Å². The van der Waals surface area contributed by atoms with Gasteiger partial charge in [0, 0.05) is 0 Å². The molecule has 4 aliphatic carbocycles. The van der Waals surface area contributed by atoms with Crippen molar-refractivity contribution >= 4 is 0 Å². The maximum atomic E-state index is 10.0. The molecule has 3 fully saturated rings. The van der Waals surface area contributed by atoms with E-state index in [0.29, 0.717) is 10.8 Å². The molecule has 1 heteroatoms. The van der Waals surface area contributed by atoms with Crippen LogP contribution in [-0.2, 0) is 0 Å². The zero-order valence-electron chi connectivity index (χ0n) is 13.1. The molecule has 4 aliphatic rings. The molecule has 5 unspecified atom stereocenters. The minimum absolute atomic E-state index is 0.00775. The molecule has 7 atom stereocenters. The largest absolute Gasteiger partial charge is 0.393 e. The normalized spacial score (nSPS) is 57.9. The van der Waals surface area contributed by atoms with Crippen LogP contribution in [0.2, 0.25) is 0 Å². The van der Waals surface area contributed by atoms with Crippen molar-refractivity contribution in [2.75, 3.05) is 0 Å². The second-order valence-electron chi connectivity index (χ2n) is 8.77. The smallest absolute Gasteiger partial charge is 0.0543 e. The average molecular weight is 274 g/mol. The molecule has 0 amide bonds. The van der Waals surface area contributed by atoms with E-state index in [-0.39, 0.29) is 6.10 Å². The molecule has 3 saturated carbocycles. The van der Waals surface area contributed by atoms with Crippen molar-refractivity contribution in [2.45, 2.75) is 71.3 Å². The van der Waals surface area contributed by atoms with Gasteiger partial charge in [-0.2, -0.15) is 0 Å². The Labute approximate surface area is 123 Å². The molecule has 4 rings (SSSR count). The highest BCUT2D eigenvalue weighted by atomic mass is 16.3. The molecule has 112 valence electrons. The Balaban J connectivity index is 1.63. The first kappa shape index (κ1) is 13.4. The molecule has 0 radical (unpaired) electrons. The van der Waals surface area contributed by atoms with Crippen LogP contribution < -0.4 is 0 Å². The highest BCUT2D eigenvalue weighted by molar-refractivity contribution is 5.16. The van der Waals surface area contributed by atoms with Crippen molar-refractivity contribution < 1.29 is 5.11 Å². The van der Waals surface area contributed by atoms with Gasteiger partial charge in [-0.05, 0) is 85.9 Å². The van der Waals surface area contributed by atoms with Crippen molar-refractivity contribution in [1.29, 1.82) is 0 Å². The molecule has 0 heterocycles. The van der Waals surface area contributed by atoms with Crippen molar-refractivity contribution in [1.82, 2.24) is 0 Å². The third-order valence-corrected chi connectivity index (χ3v) is 7.96. The molecule has 1 N–H and O–H groups in total. The zero-order valence-corrected chi connectivity index (χ0v) is 13.1. The number of aliphatic hydroxyl groups excluding tert-OH is 1. The van der Waals surface area contributed by atoms with Crippen molar-refractivity contribution in [2.24, 2.45) is 34.5 Å². The van der Waals surface area contributed by atoms with Crippen LogP contribution in [-0.4, -0.2) is 11.2 Å². The van der Waals surface area contributed by atoms with Crippen LogP contribution >= 0.6 is 0 Å². The van der Waals surface area contributed by atoms with Crippen LogP contribution in [0, 0.1) is 34.5 Å². The van der Waals surface area contributed by atoms with Gasteiger partial charge in [0.1, 0.15) is 0 Å². The summed E-state index contributed by atoms with van der Waals surface area (Å²) in [7, 11) is 0. The summed E-state index contributed by atoms with van der Waals surface area (Å²) >= 11 is 0. The summed E-state index contributed by atoms with van der Waals surface area (Å²) in [5, 5.41) is 10.0. The fourth-order valence-electron chi connectivity index (χ4n) is 6.72. The second-order valence-corrected chi connectivity index (χ2v) is 8.77. The fourth-order valence-corrected chi connectivity index (χ4v) is 6.72. The van der Waals surface area contributed by atoms with E-state index in [1.54, 1.807) is 0 Å². The molecule has 0 spiro atoms. The summed E-state index contributed by atoms with van der Waals surface area (Å²) in [6.45, 7) is 5.09. The van der Waals surface area contributed by atoms with E-state index in [1.807, 2.05) is 0 Å². The van der Waals surface area contributed by atoms with Gasteiger partial charge in [0.2, 0.25) is 0 Å². The topological polar surface area (TPSA) is 20.2 Å². The lowest BCUT2D eigenvalue weighted by Gasteiger charge is -2.60. The van der Waals surface area contributed by atoms with Gasteiger partial charge in [-0.15, -0.1) is 0 Å². The predicted octanol–water partition coefficient (Wildman–Crippen LogP) is 4.56. The Morgan fingerprint density at radius 2 is 1.85 bits per heavy atom. The van der Waals surface area contributed by atoms with Crippen molar-refractivity contribution in [3.63, 3.8) is 0 Å². The fraction of sp³-hybridized carbons (Fsp3) is 0.895. The Hall–Kier alpha value is -0.300. The number of allylic oxidation sites excluding steroid dienone is 2. The first-order valence-corrected chi connectivity index (χ1v) is 8.89. The number of rotatable bonds is 0. The highest BCUT2D eigenvalue weighted by Crippen LogP contribution is 2.64. The number of fused-ring (bicyclic) bond motifs is 5. The van der Waals surface area contributed by atoms with Crippen molar-refractivity contribution in [3.8, 4) is 0 Å².